The fourth-order valence-corrected chi connectivity index (χ4v) is 4.68. The minimum atomic E-state index is -0.294. The predicted octanol–water partition coefficient (Wildman–Crippen LogP) is 6.39. The SMILES string of the molecule is CCCCC(=O)CCc1cc([C@@]2(C)C[C@H]2C=CC(C)=CC(=O)OCC)cc2c1OCC2(C)C. The van der Waals surface area contributed by atoms with Crippen molar-refractivity contribution in [3.8, 4) is 5.75 Å². The van der Waals surface area contributed by atoms with Crippen LogP contribution in [0.3, 0.4) is 0 Å². The van der Waals surface area contributed by atoms with E-state index in [4.69, 9.17) is 9.47 Å². The number of unbranched alkanes of at least 4 members (excludes halogenated alkanes) is 1. The number of benzene rings is 1. The van der Waals surface area contributed by atoms with Crippen LogP contribution in [0.25, 0.3) is 0 Å². The van der Waals surface area contributed by atoms with Gasteiger partial charge in [-0.05, 0) is 61.1 Å². The molecule has 4 nitrogen and oxygen atoms in total. The van der Waals surface area contributed by atoms with Crippen molar-refractivity contribution in [1.82, 2.24) is 0 Å². The summed E-state index contributed by atoms with van der Waals surface area (Å²) in [7, 11) is 0. The summed E-state index contributed by atoms with van der Waals surface area (Å²) >= 11 is 0. The van der Waals surface area contributed by atoms with E-state index < -0.39 is 0 Å². The van der Waals surface area contributed by atoms with Gasteiger partial charge in [0.2, 0.25) is 0 Å². The van der Waals surface area contributed by atoms with E-state index in [1.54, 1.807) is 6.08 Å². The van der Waals surface area contributed by atoms with Crippen LogP contribution in [0.4, 0.5) is 0 Å². The molecule has 1 aliphatic carbocycles. The summed E-state index contributed by atoms with van der Waals surface area (Å²) in [5.41, 5.74) is 4.71. The summed E-state index contributed by atoms with van der Waals surface area (Å²) in [6.07, 6.45) is 10.9. The maximum atomic E-state index is 12.3. The first-order valence-corrected chi connectivity index (χ1v) is 12.5. The minimum Gasteiger partial charge on any atom is -0.492 e. The predicted molar refractivity (Wildman–Crippen MR) is 133 cm³/mol. The molecule has 2 atom stereocenters. The lowest BCUT2D eigenvalue weighted by atomic mass is 9.81. The van der Waals surface area contributed by atoms with Crippen molar-refractivity contribution in [3.05, 3.63) is 52.6 Å². The van der Waals surface area contributed by atoms with E-state index in [0.717, 1.165) is 37.0 Å². The van der Waals surface area contributed by atoms with Crippen LogP contribution < -0.4 is 4.74 Å². The number of carbonyl (C=O) groups excluding carboxylic acids is 2. The average Bonchev–Trinajstić information content (AvgIpc) is 3.33. The van der Waals surface area contributed by atoms with Gasteiger partial charge in [-0.2, -0.15) is 0 Å². The molecule has 0 unspecified atom stereocenters. The Kier molecular flexibility index (Phi) is 7.87. The highest BCUT2D eigenvalue weighted by Gasteiger charge is 2.50. The first kappa shape index (κ1) is 25.3. The Balaban J connectivity index is 1.80. The molecule has 0 bridgehead atoms. The number of ketones is 1. The van der Waals surface area contributed by atoms with Crippen molar-refractivity contribution in [2.24, 2.45) is 5.92 Å². The third-order valence-electron chi connectivity index (χ3n) is 7.14. The third-order valence-corrected chi connectivity index (χ3v) is 7.14. The Labute approximate surface area is 199 Å². The number of carbonyl (C=O) groups is 2. The van der Waals surface area contributed by atoms with E-state index in [1.165, 1.54) is 16.7 Å². The summed E-state index contributed by atoms with van der Waals surface area (Å²) in [6.45, 7) is 13.7. The Hall–Kier alpha value is -2.36. The van der Waals surface area contributed by atoms with Crippen molar-refractivity contribution in [2.45, 2.75) is 90.9 Å². The molecular formula is C29H40O4. The molecule has 0 spiro atoms. The highest BCUT2D eigenvalue weighted by atomic mass is 16.5. The molecule has 33 heavy (non-hydrogen) atoms. The van der Waals surface area contributed by atoms with Crippen molar-refractivity contribution in [2.75, 3.05) is 13.2 Å². The Morgan fingerprint density at radius 2 is 1.94 bits per heavy atom. The van der Waals surface area contributed by atoms with Crippen LogP contribution in [0.2, 0.25) is 0 Å². The molecule has 0 aromatic heterocycles. The Morgan fingerprint density at radius 1 is 1.18 bits per heavy atom. The molecule has 180 valence electrons. The van der Waals surface area contributed by atoms with Gasteiger partial charge in [-0.3, -0.25) is 4.79 Å². The summed E-state index contributed by atoms with van der Waals surface area (Å²) in [5, 5.41) is 0. The van der Waals surface area contributed by atoms with Crippen LogP contribution in [0.15, 0.2) is 35.9 Å². The molecular weight excluding hydrogens is 412 g/mol. The van der Waals surface area contributed by atoms with Crippen LogP contribution >= 0.6 is 0 Å². The minimum absolute atomic E-state index is 0.0259. The summed E-state index contributed by atoms with van der Waals surface area (Å²) in [5.74, 6) is 1.47. The number of ether oxygens (including phenoxy) is 2. The molecule has 1 fully saturated rings. The highest BCUT2D eigenvalue weighted by molar-refractivity contribution is 5.83. The van der Waals surface area contributed by atoms with Crippen LogP contribution in [-0.4, -0.2) is 25.0 Å². The van der Waals surface area contributed by atoms with Gasteiger partial charge >= 0.3 is 5.97 Å². The zero-order valence-corrected chi connectivity index (χ0v) is 21.3. The Bertz CT molecular complexity index is 953. The summed E-state index contributed by atoms with van der Waals surface area (Å²) in [4.78, 5) is 24.0. The van der Waals surface area contributed by atoms with Gasteiger partial charge in [0.05, 0.1) is 13.2 Å². The second kappa shape index (κ2) is 10.3. The molecule has 4 heteroatoms. The number of allylic oxidation sites excluding steroid dienone is 3. The molecule has 1 heterocycles. The van der Waals surface area contributed by atoms with E-state index in [1.807, 2.05) is 19.9 Å². The normalized spacial score (nSPS) is 23.3. The van der Waals surface area contributed by atoms with Gasteiger partial charge in [0.1, 0.15) is 11.5 Å². The lowest BCUT2D eigenvalue weighted by Gasteiger charge is -2.20. The van der Waals surface area contributed by atoms with Crippen molar-refractivity contribution in [1.29, 1.82) is 0 Å². The van der Waals surface area contributed by atoms with Gasteiger partial charge in [-0.25, -0.2) is 4.79 Å². The van der Waals surface area contributed by atoms with Crippen LogP contribution in [0, 0.1) is 5.92 Å². The zero-order valence-electron chi connectivity index (χ0n) is 21.3. The van der Waals surface area contributed by atoms with Gasteiger partial charge in [-0.15, -0.1) is 0 Å². The third kappa shape index (κ3) is 5.96. The molecule has 1 saturated carbocycles. The largest absolute Gasteiger partial charge is 0.492 e. The van der Waals surface area contributed by atoms with Crippen molar-refractivity contribution < 1.29 is 19.1 Å². The Morgan fingerprint density at radius 3 is 2.64 bits per heavy atom. The molecule has 1 aliphatic heterocycles. The zero-order chi connectivity index (χ0) is 24.2. The fourth-order valence-electron chi connectivity index (χ4n) is 4.68. The molecule has 3 rings (SSSR count). The van der Waals surface area contributed by atoms with E-state index in [2.05, 4.69) is 45.9 Å². The van der Waals surface area contributed by atoms with Crippen molar-refractivity contribution in [3.63, 3.8) is 0 Å². The van der Waals surface area contributed by atoms with Gasteiger partial charge in [0.15, 0.2) is 0 Å². The summed E-state index contributed by atoms with van der Waals surface area (Å²) < 4.78 is 11.1. The van der Waals surface area contributed by atoms with Crippen molar-refractivity contribution >= 4 is 11.8 Å². The molecule has 2 aliphatic rings. The number of fused-ring (bicyclic) bond motifs is 1. The number of hydrogen-bond donors (Lipinski definition) is 0. The maximum Gasteiger partial charge on any atom is 0.330 e. The molecule has 1 aromatic carbocycles. The van der Waals surface area contributed by atoms with E-state index >= 15 is 0 Å². The molecule has 0 saturated heterocycles. The maximum absolute atomic E-state index is 12.3. The first-order valence-electron chi connectivity index (χ1n) is 12.5. The van der Waals surface area contributed by atoms with Crippen LogP contribution in [0.1, 0.15) is 90.3 Å². The number of Topliss-reactive ketones (excluding diaryl/α,β-unsaturated/α-hetero) is 1. The standard InChI is InChI=1S/C29H40O4/c1-7-9-10-24(30)14-12-21-16-23(17-25-27(21)33-19-28(25,4)5)29(6)18-22(29)13-11-20(3)15-26(31)32-8-2/h11,13,15-17,22H,7-10,12,14,18-19H2,1-6H3/t22-,29+/m1/s1. The second-order valence-electron chi connectivity index (χ2n) is 10.6. The fraction of sp³-hybridized carbons (Fsp3) is 0.586. The van der Waals surface area contributed by atoms with E-state index in [0.29, 0.717) is 37.8 Å². The van der Waals surface area contributed by atoms with E-state index in [9.17, 15) is 9.59 Å². The number of aryl methyl sites for hydroxylation is 1. The lowest BCUT2D eigenvalue weighted by molar-refractivity contribution is -0.137. The lowest BCUT2D eigenvalue weighted by Crippen LogP contribution is -2.19. The van der Waals surface area contributed by atoms with Gasteiger partial charge < -0.3 is 9.47 Å². The first-order chi connectivity index (χ1) is 15.6. The molecule has 1 aromatic rings. The average molecular weight is 453 g/mol. The van der Waals surface area contributed by atoms with Gasteiger partial charge in [-0.1, -0.05) is 58.4 Å². The highest BCUT2D eigenvalue weighted by Crippen LogP contribution is 2.56. The number of rotatable bonds is 11. The number of hydrogen-bond acceptors (Lipinski definition) is 4. The van der Waals surface area contributed by atoms with Crippen LogP contribution in [0.5, 0.6) is 5.75 Å². The smallest absolute Gasteiger partial charge is 0.330 e. The molecule has 0 N–H and O–H groups in total. The number of esters is 1. The summed E-state index contributed by atoms with van der Waals surface area (Å²) in [6, 6.07) is 4.61. The van der Waals surface area contributed by atoms with Gasteiger partial charge in [0, 0.05) is 29.9 Å². The molecule has 0 radical (unpaired) electrons. The van der Waals surface area contributed by atoms with Crippen LogP contribution in [-0.2, 0) is 31.6 Å². The quantitative estimate of drug-likeness (QED) is 0.222. The topological polar surface area (TPSA) is 52.6 Å². The molecule has 0 amide bonds. The monoisotopic (exact) mass is 452 g/mol. The van der Waals surface area contributed by atoms with Gasteiger partial charge in [0.25, 0.3) is 0 Å². The van der Waals surface area contributed by atoms with E-state index in [-0.39, 0.29) is 16.8 Å². The second-order valence-corrected chi connectivity index (χ2v) is 10.6.